The molecule has 1 aromatic carbocycles. The number of rotatable bonds is 5. The molecule has 0 atom stereocenters. The van der Waals surface area contributed by atoms with Gasteiger partial charge in [-0.25, -0.2) is 0 Å². The van der Waals surface area contributed by atoms with Crippen LogP contribution in [-0.2, 0) is 14.9 Å². The fourth-order valence-corrected chi connectivity index (χ4v) is 4.05. The Bertz CT molecular complexity index is 671. The molecule has 1 saturated carbocycles. The van der Waals surface area contributed by atoms with Gasteiger partial charge >= 0.3 is 5.97 Å². The van der Waals surface area contributed by atoms with E-state index >= 15 is 0 Å². The fraction of sp³-hybridized carbons (Fsp3) is 0.600. The lowest BCUT2D eigenvalue weighted by molar-refractivity contribution is -0.146. The van der Waals surface area contributed by atoms with Gasteiger partial charge in [0.1, 0.15) is 0 Å². The van der Waals surface area contributed by atoms with Gasteiger partial charge in [0, 0.05) is 29.5 Å². The van der Waals surface area contributed by atoms with Crippen molar-refractivity contribution in [2.24, 2.45) is 10.9 Å². The van der Waals surface area contributed by atoms with Crippen LogP contribution in [0.2, 0.25) is 0 Å². The summed E-state index contributed by atoms with van der Waals surface area (Å²) in [6.45, 7) is 5.44. The van der Waals surface area contributed by atoms with Crippen molar-refractivity contribution in [1.29, 1.82) is 0 Å². The lowest BCUT2D eigenvalue weighted by Gasteiger charge is -2.33. The second kappa shape index (κ2) is 10.1. The molecule has 1 heterocycles. The van der Waals surface area contributed by atoms with Crippen LogP contribution in [0.1, 0.15) is 38.2 Å². The maximum absolute atomic E-state index is 11.7. The smallest absolute Gasteiger partial charge is 0.308 e. The Hall–Kier alpha value is -0.830. The van der Waals surface area contributed by atoms with Crippen molar-refractivity contribution in [3.05, 3.63) is 34.3 Å². The van der Waals surface area contributed by atoms with Gasteiger partial charge < -0.3 is 15.0 Å². The van der Waals surface area contributed by atoms with Crippen molar-refractivity contribution >= 4 is 51.8 Å². The number of halogens is 2. The molecule has 1 aliphatic carbocycles. The predicted molar refractivity (Wildman–Crippen MR) is 123 cm³/mol. The molecule has 2 aliphatic rings. The summed E-state index contributed by atoms with van der Waals surface area (Å²) in [4.78, 5) is 19.0. The molecule has 1 saturated heterocycles. The minimum atomic E-state index is -0.0850. The van der Waals surface area contributed by atoms with Crippen LogP contribution in [0.25, 0.3) is 0 Å². The number of ether oxygens (including phenoxy) is 1. The van der Waals surface area contributed by atoms with Gasteiger partial charge in [-0.2, -0.15) is 0 Å². The van der Waals surface area contributed by atoms with Crippen molar-refractivity contribution in [1.82, 2.24) is 10.2 Å². The molecule has 1 aliphatic heterocycles. The number of benzene rings is 1. The number of methoxy groups -OCH3 is 1. The molecule has 0 spiro atoms. The number of hydrogen-bond acceptors (Lipinski definition) is 3. The minimum absolute atomic E-state index is 0. The number of piperidine rings is 1. The quantitative estimate of drug-likeness (QED) is 0.261. The Morgan fingerprint density at radius 3 is 2.63 bits per heavy atom. The summed E-state index contributed by atoms with van der Waals surface area (Å²) in [5.41, 5.74) is 1.56. The average Bonchev–Trinajstić information content (AvgIpc) is 3.46. The van der Waals surface area contributed by atoms with Crippen LogP contribution in [-0.4, -0.2) is 50.1 Å². The maximum atomic E-state index is 11.7. The van der Waals surface area contributed by atoms with E-state index in [2.05, 4.69) is 57.3 Å². The predicted octanol–water partition coefficient (Wildman–Crippen LogP) is 3.95. The molecule has 0 radical (unpaired) electrons. The van der Waals surface area contributed by atoms with Crippen LogP contribution in [0.4, 0.5) is 0 Å². The molecule has 0 aromatic heterocycles. The molecular formula is C20H29BrIN3O2. The summed E-state index contributed by atoms with van der Waals surface area (Å²) in [6, 6.07) is 8.60. The lowest BCUT2D eigenvalue weighted by Crippen LogP contribution is -2.47. The number of nitrogens with zero attached hydrogens (tertiary/aromatic N) is 2. The summed E-state index contributed by atoms with van der Waals surface area (Å²) in [6.07, 6.45) is 4.04. The highest BCUT2D eigenvalue weighted by atomic mass is 127. The standard InChI is InChI=1S/C20H28BrN3O2.HI/c1-3-22-19(24-11-7-15(8-12-24)18(25)26-2)23-14-20(9-10-20)16-5-4-6-17(21)13-16;/h4-6,13,15H,3,7-12,14H2,1-2H3,(H,22,23);1H. The molecule has 3 rings (SSSR count). The van der Waals surface area contributed by atoms with E-state index in [0.29, 0.717) is 0 Å². The van der Waals surface area contributed by atoms with E-state index in [4.69, 9.17) is 9.73 Å². The normalized spacial score (nSPS) is 19.2. The molecule has 2 fully saturated rings. The molecule has 0 bridgehead atoms. The van der Waals surface area contributed by atoms with Crippen molar-refractivity contribution in [2.45, 2.75) is 38.0 Å². The first-order valence-electron chi connectivity index (χ1n) is 9.45. The molecule has 27 heavy (non-hydrogen) atoms. The van der Waals surface area contributed by atoms with E-state index in [1.165, 1.54) is 25.5 Å². The van der Waals surface area contributed by atoms with Gasteiger partial charge in [-0.05, 0) is 50.3 Å². The molecule has 1 aromatic rings. The fourth-order valence-electron chi connectivity index (χ4n) is 3.65. The molecule has 150 valence electrons. The van der Waals surface area contributed by atoms with Gasteiger partial charge in [-0.3, -0.25) is 9.79 Å². The average molecular weight is 550 g/mol. The Labute approximate surface area is 187 Å². The highest BCUT2D eigenvalue weighted by Gasteiger charge is 2.44. The van der Waals surface area contributed by atoms with Crippen LogP contribution < -0.4 is 5.32 Å². The largest absolute Gasteiger partial charge is 0.469 e. The van der Waals surface area contributed by atoms with E-state index in [0.717, 1.165) is 49.5 Å². The Morgan fingerprint density at radius 1 is 1.37 bits per heavy atom. The van der Waals surface area contributed by atoms with Crippen LogP contribution in [0.15, 0.2) is 33.7 Å². The van der Waals surface area contributed by atoms with Crippen molar-refractivity contribution < 1.29 is 9.53 Å². The SMILES string of the molecule is CCNC(=NCC1(c2cccc(Br)c2)CC1)N1CCC(C(=O)OC)CC1.I. The second-order valence-corrected chi connectivity index (χ2v) is 8.16. The monoisotopic (exact) mass is 549 g/mol. The number of carbonyl (C=O) groups is 1. The number of carbonyl (C=O) groups excluding carboxylic acids is 1. The first-order chi connectivity index (χ1) is 12.6. The summed E-state index contributed by atoms with van der Waals surface area (Å²) in [5.74, 6) is 0.908. The summed E-state index contributed by atoms with van der Waals surface area (Å²) in [7, 11) is 1.47. The van der Waals surface area contributed by atoms with Crippen LogP contribution in [0.5, 0.6) is 0 Å². The van der Waals surface area contributed by atoms with Gasteiger partial charge in [0.2, 0.25) is 0 Å². The summed E-state index contributed by atoms with van der Waals surface area (Å²) in [5, 5.41) is 3.42. The highest BCUT2D eigenvalue weighted by Crippen LogP contribution is 2.48. The molecule has 0 amide bonds. The van der Waals surface area contributed by atoms with E-state index in [-0.39, 0.29) is 41.3 Å². The third kappa shape index (κ3) is 5.59. The topological polar surface area (TPSA) is 53.9 Å². The zero-order valence-corrected chi connectivity index (χ0v) is 20.0. The second-order valence-electron chi connectivity index (χ2n) is 7.25. The van der Waals surface area contributed by atoms with Crippen LogP contribution in [0.3, 0.4) is 0 Å². The van der Waals surface area contributed by atoms with E-state index in [1.807, 2.05) is 0 Å². The highest BCUT2D eigenvalue weighted by molar-refractivity contribution is 14.0. The number of guanidine groups is 1. The van der Waals surface area contributed by atoms with Gasteiger partial charge in [0.05, 0.1) is 19.6 Å². The van der Waals surface area contributed by atoms with Crippen molar-refractivity contribution in [2.75, 3.05) is 33.3 Å². The van der Waals surface area contributed by atoms with Gasteiger partial charge in [-0.1, -0.05) is 28.1 Å². The minimum Gasteiger partial charge on any atom is -0.469 e. The van der Waals surface area contributed by atoms with Crippen molar-refractivity contribution in [3.8, 4) is 0 Å². The summed E-state index contributed by atoms with van der Waals surface area (Å²) >= 11 is 3.58. The molecular weight excluding hydrogens is 521 g/mol. The maximum Gasteiger partial charge on any atom is 0.308 e. The Kier molecular flexibility index (Phi) is 8.39. The Morgan fingerprint density at radius 2 is 2.07 bits per heavy atom. The number of likely N-dealkylation sites (tertiary alicyclic amines) is 1. The van der Waals surface area contributed by atoms with E-state index in [9.17, 15) is 4.79 Å². The van der Waals surface area contributed by atoms with Gasteiger partial charge in [-0.15, -0.1) is 24.0 Å². The van der Waals surface area contributed by atoms with Gasteiger partial charge in [0.25, 0.3) is 0 Å². The first kappa shape index (κ1) is 22.5. The lowest BCUT2D eigenvalue weighted by atomic mass is 9.96. The first-order valence-corrected chi connectivity index (χ1v) is 10.2. The number of hydrogen-bond donors (Lipinski definition) is 1. The van der Waals surface area contributed by atoms with E-state index < -0.39 is 0 Å². The van der Waals surface area contributed by atoms with Gasteiger partial charge in [0.15, 0.2) is 5.96 Å². The molecule has 1 N–H and O–H groups in total. The molecule has 0 unspecified atom stereocenters. The van der Waals surface area contributed by atoms with E-state index in [1.54, 1.807) is 0 Å². The molecule has 5 nitrogen and oxygen atoms in total. The van der Waals surface area contributed by atoms with Crippen LogP contribution >= 0.6 is 39.9 Å². The third-order valence-corrected chi connectivity index (χ3v) is 5.98. The zero-order valence-electron chi connectivity index (χ0n) is 16.0. The number of aliphatic imine (C=N–C) groups is 1. The van der Waals surface area contributed by atoms with Crippen molar-refractivity contribution in [3.63, 3.8) is 0 Å². The summed E-state index contributed by atoms with van der Waals surface area (Å²) < 4.78 is 6.01. The Balaban J connectivity index is 0.00000261. The number of nitrogens with one attached hydrogen (secondary N) is 1. The number of esters is 1. The van der Waals surface area contributed by atoms with Crippen LogP contribution in [0, 0.1) is 5.92 Å². The third-order valence-electron chi connectivity index (χ3n) is 5.49. The molecule has 7 heteroatoms. The zero-order chi connectivity index (χ0) is 18.6.